The fourth-order valence-corrected chi connectivity index (χ4v) is 3.19. The molecule has 0 aromatic heterocycles. The molecule has 0 heterocycles. The van der Waals surface area contributed by atoms with E-state index >= 15 is 0 Å². The van der Waals surface area contributed by atoms with Crippen LogP contribution in [-0.4, -0.2) is 64.8 Å². The predicted octanol–water partition coefficient (Wildman–Crippen LogP) is 4.05. The number of aliphatic imine (C=N–C) groups is 2. The first-order chi connectivity index (χ1) is 17.7. The van der Waals surface area contributed by atoms with Gasteiger partial charge in [0.15, 0.2) is 20.2 Å². The summed E-state index contributed by atoms with van der Waals surface area (Å²) in [7, 11) is -12.2. The average molecular weight is 736 g/mol. The second-order valence-corrected chi connectivity index (χ2v) is 11.4. The molecule has 0 fully saturated rings. The quantitative estimate of drug-likeness (QED) is 0.148. The van der Waals surface area contributed by atoms with E-state index in [0.29, 0.717) is 0 Å². The molecule has 44 heavy (non-hydrogen) atoms. The van der Waals surface area contributed by atoms with Crippen LogP contribution in [0.5, 0.6) is 0 Å². The van der Waals surface area contributed by atoms with Gasteiger partial charge in [-0.3, -0.25) is 9.98 Å². The standard InChI is InChI=1S/C22H28N2.2CHF3O3S.Cu.3H2O/c1-13-9-15(3)21(16(4)10-13)23-19(7)20(8)24-22-17(5)11-14(2)12-18(22)6;2*2-1(3,4)8(5,6)7;;;;/h9-12H,1-8H3;2*(H,5,6,7);;3*1H2/q;;;+2;;;/p-2. The maximum atomic E-state index is 10.7. The third kappa shape index (κ3) is 16.6. The van der Waals surface area contributed by atoms with Crippen LogP contribution in [-0.2, 0) is 37.3 Å². The number of hydrogen-bond acceptors (Lipinski definition) is 8. The van der Waals surface area contributed by atoms with Crippen LogP contribution in [0, 0.1) is 41.5 Å². The summed E-state index contributed by atoms with van der Waals surface area (Å²) in [6, 6.07) is 8.72. The first-order valence-corrected chi connectivity index (χ1v) is 13.8. The fraction of sp³-hybridized carbons (Fsp3) is 0.417. The molecule has 0 aliphatic carbocycles. The second-order valence-electron chi connectivity index (χ2n) is 8.69. The average Bonchev–Trinajstić information content (AvgIpc) is 2.71. The summed E-state index contributed by atoms with van der Waals surface area (Å²) in [6.45, 7) is 16.8. The van der Waals surface area contributed by atoms with Gasteiger partial charge in [0.2, 0.25) is 0 Å². The van der Waals surface area contributed by atoms with Crippen LogP contribution in [0.25, 0.3) is 0 Å². The number of nitrogens with zero attached hydrogens (tertiary/aromatic N) is 2. The molecule has 0 amide bonds. The summed E-state index contributed by atoms with van der Waals surface area (Å²) >= 11 is 0. The molecule has 20 heteroatoms. The Morgan fingerprint density at radius 3 is 0.864 bits per heavy atom. The second kappa shape index (κ2) is 19.2. The molecule has 0 unspecified atom stereocenters. The van der Waals surface area contributed by atoms with Crippen molar-refractivity contribution in [1.29, 1.82) is 0 Å². The first kappa shape index (κ1) is 51.2. The molecular formula is C24H34CuF6N2O9S2. The largest absolute Gasteiger partial charge is 2.00 e. The monoisotopic (exact) mass is 735 g/mol. The van der Waals surface area contributed by atoms with Gasteiger partial charge in [-0.05, 0) is 77.6 Å². The zero-order valence-corrected chi connectivity index (χ0v) is 27.1. The zero-order valence-electron chi connectivity index (χ0n) is 24.5. The van der Waals surface area contributed by atoms with Crippen LogP contribution in [0.4, 0.5) is 37.7 Å². The molecule has 0 aliphatic heterocycles. The van der Waals surface area contributed by atoms with E-state index in [1.54, 1.807) is 0 Å². The maximum absolute atomic E-state index is 10.7. The maximum Gasteiger partial charge on any atom is 2.00 e. The van der Waals surface area contributed by atoms with Crippen LogP contribution in [0.2, 0.25) is 0 Å². The Balaban J connectivity index is -0.000000213. The Kier molecular flexibility index (Phi) is 22.3. The molecule has 0 bridgehead atoms. The molecule has 0 aliphatic rings. The smallest absolute Gasteiger partial charge is 0.741 e. The number of benzene rings is 2. The van der Waals surface area contributed by atoms with E-state index < -0.39 is 31.3 Å². The molecule has 259 valence electrons. The van der Waals surface area contributed by atoms with Gasteiger partial charge < -0.3 is 25.5 Å². The van der Waals surface area contributed by atoms with Gasteiger partial charge in [0, 0.05) is 0 Å². The van der Waals surface area contributed by atoms with Crippen molar-refractivity contribution in [2.24, 2.45) is 9.98 Å². The molecule has 1 radical (unpaired) electrons. The van der Waals surface area contributed by atoms with Crippen LogP contribution in [0.3, 0.4) is 0 Å². The Morgan fingerprint density at radius 2 is 0.727 bits per heavy atom. The molecule has 11 nitrogen and oxygen atoms in total. The van der Waals surface area contributed by atoms with Crippen molar-refractivity contribution in [1.82, 2.24) is 0 Å². The summed E-state index contributed by atoms with van der Waals surface area (Å²) in [6.07, 6.45) is 0. The topological polar surface area (TPSA) is 234 Å². The zero-order chi connectivity index (χ0) is 32.0. The third-order valence-corrected chi connectivity index (χ3v) is 6.05. The predicted molar refractivity (Wildman–Crippen MR) is 149 cm³/mol. The first-order valence-electron chi connectivity index (χ1n) is 11.0. The molecule has 2 aromatic rings. The van der Waals surface area contributed by atoms with Gasteiger partial charge in [-0.25, -0.2) is 16.8 Å². The van der Waals surface area contributed by atoms with Gasteiger partial charge in [0.05, 0.1) is 22.8 Å². The van der Waals surface area contributed by atoms with E-state index in [9.17, 15) is 26.3 Å². The minimum absolute atomic E-state index is 0. The molecule has 0 saturated carbocycles. The number of halogens is 6. The normalized spacial score (nSPS) is 12.0. The summed E-state index contributed by atoms with van der Waals surface area (Å²) in [5, 5.41) is 0. The summed E-state index contributed by atoms with van der Waals surface area (Å²) in [4.78, 5) is 9.72. The Hall–Kier alpha value is -2.42. The van der Waals surface area contributed by atoms with Crippen molar-refractivity contribution < 1.29 is 85.8 Å². The Morgan fingerprint density at radius 1 is 0.568 bits per heavy atom. The summed E-state index contributed by atoms with van der Waals surface area (Å²) < 4.78 is 118. The van der Waals surface area contributed by atoms with Gasteiger partial charge in [0.25, 0.3) is 0 Å². The fourth-order valence-electron chi connectivity index (χ4n) is 3.19. The van der Waals surface area contributed by atoms with Crippen molar-refractivity contribution >= 4 is 43.0 Å². The van der Waals surface area contributed by atoms with Gasteiger partial charge >= 0.3 is 28.1 Å². The van der Waals surface area contributed by atoms with Crippen molar-refractivity contribution in [2.75, 3.05) is 0 Å². The minimum atomic E-state index is -6.09. The molecule has 2 aromatic carbocycles. The number of aryl methyl sites for hydroxylation is 6. The molecule has 2 rings (SSSR count). The van der Waals surface area contributed by atoms with Crippen LogP contribution < -0.4 is 0 Å². The minimum Gasteiger partial charge on any atom is -0.741 e. The summed E-state index contributed by atoms with van der Waals surface area (Å²) in [5.74, 6) is 0. The van der Waals surface area contributed by atoms with Crippen molar-refractivity contribution in [3.05, 3.63) is 57.6 Å². The molecule has 6 N–H and O–H groups in total. The number of hydrogen-bond donors (Lipinski definition) is 0. The van der Waals surface area contributed by atoms with E-state index in [-0.39, 0.29) is 33.5 Å². The van der Waals surface area contributed by atoms with Gasteiger partial charge in [-0.2, -0.15) is 26.3 Å². The van der Waals surface area contributed by atoms with Crippen molar-refractivity contribution in [3.8, 4) is 0 Å². The summed E-state index contributed by atoms with van der Waals surface area (Å²) in [5.41, 5.74) is 0.147. The van der Waals surface area contributed by atoms with Crippen LogP contribution in [0.1, 0.15) is 47.2 Å². The van der Waals surface area contributed by atoms with E-state index in [4.69, 9.17) is 35.9 Å². The van der Waals surface area contributed by atoms with Crippen LogP contribution >= 0.6 is 0 Å². The molecule has 0 atom stereocenters. The third-order valence-electron chi connectivity index (χ3n) is 4.92. The molecule has 0 spiro atoms. The van der Waals surface area contributed by atoms with Gasteiger partial charge in [-0.15, -0.1) is 0 Å². The SMILES string of the molecule is CC(=Nc1c(C)cc(C)cc1C)C(C)=Nc1c(C)cc(C)cc1C.O.O.O.O=S(=O)([O-])C(F)(F)F.O=S(=O)([O-])C(F)(F)F.[Cu+2]. The van der Waals surface area contributed by atoms with Gasteiger partial charge in [0.1, 0.15) is 0 Å². The van der Waals surface area contributed by atoms with Crippen molar-refractivity contribution in [2.45, 2.75) is 66.4 Å². The Labute approximate surface area is 262 Å². The van der Waals surface area contributed by atoms with E-state index in [2.05, 4.69) is 65.8 Å². The van der Waals surface area contributed by atoms with Crippen LogP contribution in [0.15, 0.2) is 34.3 Å². The van der Waals surface area contributed by atoms with E-state index in [1.165, 1.54) is 33.4 Å². The van der Waals surface area contributed by atoms with E-state index in [1.807, 2.05) is 13.8 Å². The van der Waals surface area contributed by atoms with E-state index in [0.717, 1.165) is 22.8 Å². The van der Waals surface area contributed by atoms with Crippen molar-refractivity contribution in [3.63, 3.8) is 0 Å². The van der Waals surface area contributed by atoms with Gasteiger partial charge in [-0.1, -0.05) is 35.4 Å². The molecule has 0 saturated heterocycles. The number of rotatable bonds is 3. The Bertz CT molecular complexity index is 1350. The molecular weight excluding hydrogens is 702 g/mol. The number of alkyl halides is 6.